The predicted octanol–water partition coefficient (Wildman–Crippen LogP) is 4.30. The van der Waals surface area contributed by atoms with Gasteiger partial charge >= 0.3 is 0 Å². The van der Waals surface area contributed by atoms with Crippen LogP contribution in [0.15, 0.2) is 16.6 Å². The highest BCUT2D eigenvalue weighted by Gasteiger charge is 2.42. The number of ether oxygens (including phenoxy) is 1. The molecule has 1 heterocycles. The van der Waals surface area contributed by atoms with E-state index in [0.717, 1.165) is 6.42 Å². The van der Waals surface area contributed by atoms with Crippen LogP contribution in [0.25, 0.3) is 0 Å². The lowest BCUT2D eigenvalue weighted by molar-refractivity contribution is 0.0728. The molecule has 18 heavy (non-hydrogen) atoms. The van der Waals surface area contributed by atoms with Crippen LogP contribution >= 0.6 is 27.5 Å². The molecule has 0 radical (unpaired) electrons. The van der Waals surface area contributed by atoms with Gasteiger partial charge < -0.3 is 4.74 Å². The molecule has 0 bridgehead atoms. The molecule has 2 rings (SSSR count). The predicted molar refractivity (Wildman–Crippen MR) is 70.9 cm³/mol. The summed E-state index contributed by atoms with van der Waals surface area (Å²) < 4.78 is 33.5. The normalized spacial score (nSPS) is 27.7. The average Bonchev–Trinajstić information content (AvgIpc) is 2.72. The molecule has 0 N–H and O–H groups in total. The van der Waals surface area contributed by atoms with Crippen molar-refractivity contribution in [1.82, 2.24) is 0 Å². The van der Waals surface area contributed by atoms with E-state index >= 15 is 0 Å². The summed E-state index contributed by atoms with van der Waals surface area (Å²) in [7, 11) is 0. The van der Waals surface area contributed by atoms with Gasteiger partial charge in [0.15, 0.2) is 0 Å². The Morgan fingerprint density at radius 2 is 2.22 bits per heavy atom. The first-order valence-corrected chi connectivity index (χ1v) is 7.13. The molecule has 2 atom stereocenters. The molecule has 100 valence electrons. The molecule has 0 amide bonds. The Labute approximate surface area is 119 Å². The Morgan fingerprint density at radius 3 is 2.78 bits per heavy atom. The van der Waals surface area contributed by atoms with Crippen LogP contribution in [-0.4, -0.2) is 18.6 Å². The highest BCUT2D eigenvalue weighted by Crippen LogP contribution is 2.40. The number of hydrogen-bond acceptors (Lipinski definition) is 1. The molecule has 1 nitrogen and oxygen atoms in total. The highest BCUT2D eigenvalue weighted by molar-refractivity contribution is 9.10. The van der Waals surface area contributed by atoms with Gasteiger partial charge in [0.1, 0.15) is 11.6 Å². The van der Waals surface area contributed by atoms with Crippen molar-refractivity contribution in [3.63, 3.8) is 0 Å². The Kier molecular flexibility index (Phi) is 4.29. The first-order chi connectivity index (χ1) is 8.50. The zero-order valence-electron chi connectivity index (χ0n) is 9.98. The number of hydrogen-bond donors (Lipinski definition) is 0. The first-order valence-electron chi connectivity index (χ1n) is 5.80. The number of halogens is 4. The second kappa shape index (κ2) is 5.43. The molecule has 5 heteroatoms. The SMILES string of the molecule is CC1OCCC1(CCl)Cc1c(F)ccc(Br)c1F. The number of benzene rings is 1. The third-order valence-corrected chi connectivity index (χ3v) is 4.91. The fraction of sp³-hybridized carbons (Fsp3) is 0.538. The van der Waals surface area contributed by atoms with Crippen molar-refractivity contribution < 1.29 is 13.5 Å². The van der Waals surface area contributed by atoms with Crippen LogP contribution in [0.4, 0.5) is 8.78 Å². The van der Waals surface area contributed by atoms with Crippen LogP contribution in [0.1, 0.15) is 18.9 Å². The van der Waals surface area contributed by atoms with Gasteiger partial charge in [-0.3, -0.25) is 0 Å². The summed E-state index contributed by atoms with van der Waals surface area (Å²) >= 11 is 9.10. The van der Waals surface area contributed by atoms with Crippen molar-refractivity contribution in [3.8, 4) is 0 Å². The Bertz CT molecular complexity index is 455. The zero-order valence-corrected chi connectivity index (χ0v) is 12.3. The van der Waals surface area contributed by atoms with Gasteiger partial charge in [-0.2, -0.15) is 0 Å². The third-order valence-electron chi connectivity index (χ3n) is 3.76. The monoisotopic (exact) mass is 338 g/mol. The van der Waals surface area contributed by atoms with Crippen molar-refractivity contribution in [1.29, 1.82) is 0 Å². The number of alkyl halides is 1. The molecular weight excluding hydrogens is 325 g/mol. The summed E-state index contributed by atoms with van der Waals surface area (Å²) in [5.74, 6) is -0.739. The molecule has 1 saturated heterocycles. The summed E-state index contributed by atoms with van der Waals surface area (Å²) in [4.78, 5) is 0. The number of rotatable bonds is 3. The van der Waals surface area contributed by atoms with Crippen molar-refractivity contribution in [2.24, 2.45) is 5.41 Å². The lowest BCUT2D eigenvalue weighted by Crippen LogP contribution is -2.33. The Hall–Kier alpha value is -0.190. The summed E-state index contributed by atoms with van der Waals surface area (Å²) in [5, 5.41) is 0. The third kappa shape index (κ3) is 2.43. The van der Waals surface area contributed by atoms with Crippen LogP contribution in [0.5, 0.6) is 0 Å². The molecule has 1 aliphatic heterocycles. The standard InChI is InChI=1S/C13H14BrClF2O/c1-8-13(7-15,4-5-18-8)6-9-11(16)3-2-10(14)12(9)17/h2-3,8H,4-7H2,1H3. The summed E-state index contributed by atoms with van der Waals surface area (Å²) in [5.41, 5.74) is -0.299. The van der Waals surface area contributed by atoms with Gasteiger partial charge in [0, 0.05) is 23.5 Å². The average molecular weight is 340 g/mol. The van der Waals surface area contributed by atoms with Gasteiger partial charge in [0.2, 0.25) is 0 Å². The molecule has 1 aromatic rings. The summed E-state index contributed by atoms with van der Waals surface area (Å²) in [6.45, 7) is 2.49. The molecule has 0 saturated carbocycles. The van der Waals surface area contributed by atoms with E-state index in [4.69, 9.17) is 16.3 Å². The van der Waals surface area contributed by atoms with Crippen molar-refractivity contribution in [2.45, 2.75) is 25.9 Å². The van der Waals surface area contributed by atoms with Crippen molar-refractivity contribution >= 4 is 27.5 Å². The Balaban J connectivity index is 2.36. The largest absolute Gasteiger partial charge is 0.378 e. The van der Waals surface area contributed by atoms with Gasteiger partial charge in [0.25, 0.3) is 0 Å². The molecular formula is C13H14BrClF2O. The van der Waals surface area contributed by atoms with Crippen LogP contribution < -0.4 is 0 Å². The van der Waals surface area contributed by atoms with E-state index in [9.17, 15) is 8.78 Å². The smallest absolute Gasteiger partial charge is 0.143 e. The lowest BCUT2D eigenvalue weighted by Gasteiger charge is -2.30. The zero-order chi connectivity index (χ0) is 13.3. The van der Waals surface area contributed by atoms with Crippen LogP contribution in [0.3, 0.4) is 0 Å². The maximum absolute atomic E-state index is 14.0. The summed E-state index contributed by atoms with van der Waals surface area (Å²) in [6.07, 6.45) is 0.894. The Morgan fingerprint density at radius 1 is 1.50 bits per heavy atom. The van der Waals surface area contributed by atoms with E-state index in [1.807, 2.05) is 6.92 Å². The van der Waals surface area contributed by atoms with E-state index in [0.29, 0.717) is 12.5 Å². The van der Waals surface area contributed by atoms with E-state index in [1.54, 1.807) is 0 Å². The first kappa shape index (κ1) is 14.2. The lowest BCUT2D eigenvalue weighted by atomic mass is 9.78. The fourth-order valence-corrected chi connectivity index (χ4v) is 3.17. The second-order valence-electron chi connectivity index (χ2n) is 4.76. The van der Waals surface area contributed by atoms with E-state index in [1.165, 1.54) is 12.1 Å². The minimum Gasteiger partial charge on any atom is -0.378 e. The van der Waals surface area contributed by atoms with Gasteiger partial charge in [-0.25, -0.2) is 8.78 Å². The second-order valence-corrected chi connectivity index (χ2v) is 5.88. The van der Waals surface area contributed by atoms with Gasteiger partial charge in [0.05, 0.1) is 10.6 Å². The van der Waals surface area contributed by atoms with Gasteiger partial charge in [-0.15, -0.1) is 11.6 Å². The quantitative estimate of drug-likeness (QED) is 0.589. The van der Waals surface area contributed by atoms with Crippen LogP contribution in [0.2, 0.25) is 0 Å². The van der Waals surface area contributed by atoms with E-state index in [-0.39, 0.29) is 28.0 Å². The maximum atomic E-state index is 14.0. The molecule has 1 aliphatic rings. The highest BCUT2D eigenvalue weighted by atomic mass is 79.9. The molecule has 1 fully saturated rings. The topological polar surface area (TPSA) is 9.23 Å². The fourth-order valence-electron chi connectivity index (χ4n) is 2.36. The molecule has 2 unspecified atom stereocenters. The van der Waals surface area contributed by atoms with E-state index in [2.05, 4.69) is 15.9 Å². The van der Waals surface area contributed by atoms with Crippen molar-refractivity contribution in [2.75, 3.05) is 12.5 Å². The van der Waals surface area contributed by atoms with E-state index < -0.39 is 11.6 Å². The minimum atomic E-state index is -0.543. The molecule has 0 aliphatic carbocycles. The summed E-state index contributed by atoms with van der Waals surface area (Å²) in [6, 6.07) is 2.64. The van der Waals surface area contributed by atoms with Crippen LogP contribution in [0, 0.1) is 17.0 Å². The van der Waals surface area contributed by atoms with Gasteiger partial charge in [-0.1, -0.05) is 0 Å². The van der Waals surface area contributed by atoms with Crippen molar-refractivity contribution in [3.05, 3.63) is 33.8 Å². The van der Waals surface area contributed by atoms with Crippen LogP contribution in [-0.2, 0) is 11.2 Å². The minimum absolute atomic E-state index is 0.0855. The molecule has 0 aromatic heterocycles. The maximum Gasteiger partial charge on any atom is 0.143 e. The molecule has 0 spiro atoms. The van der Waals surface area contributed by atoms with Gasteiger partial charge in [-0.05, 0) is 47.8 Å². The molecule has 1 aromatic carbocycles.